The Kier molecular flexibility index (Phi) is 7.65. The van der Waals surface area contributed by atoms with Crippen LogP contribution < -0.4 is 9.64 Å². The maximum atomic E-state index is 13.5. The topological polar surface area (TPSA) is 97.5 Å². The number of carbonyl (C=O) groups excluding carboxylic acids is 1. The lowest BCUT2D eigenvalue weighted by atomic mass is 9.82. The molecule has 35 heavy (non-hydrogen) atoms. The molecule has 9 heteroatoms. The molecule has 0 saturated heterocycles. The van der Waals surface area contributed by atoms with Gasteiger partial charge in [-0.2, -0.15) is 0 Å². The van der Waals surface area contributed by atoms with E-state index in [-0.39, 0.29) is 29.4 Å². The molecule has 0 bridgehead atoms. The summed E-state index contributed by atoms with van der Waals surface area (Å²) < 4.78 is 6.61. The van der Waals surface area contributed by atoms with Crippen LogP contribution in [0.2, 0.25) is 0 Å². The number of aromatic nitrogens is 3. The number of ether oxygens (including phenoxy) is 1. The zero-order valence-corrected chi connectivity index (χ0v) is 20.9. The van der Waals surface area contributed by atoms with E-state index in [0.29, 0.717) is 5.92 Å². The highest BCUT2D eigenvalue weighted by Gasteiger charge is 2.34. The fraction of sp³-hybridized carbons (Fsp3) is 0.385. The molecule has 2 aromatic heterocycles. The molecule has 0 aliphatic heterocycles. The van der Waals surface area contributed by atoms with Crippen LogP contribution in [0, 0.1) is 11.8 Å². The largest absolute Gasteiger partial charge is 0.511 e. The second-order valence-corrected chi connectivity index (χ2v) is 9.95. The highest BCUT2D eigenvalue weighted by Crippen LogP contribution is 2.35. The van der Waals surface area contributed by atoms with Gasteiger partial charge in [0.15, 0.2) is 5.75 Å². The Labute approximate surface area is 208 Å². The number of amides is 1. The molecular weight excluding hydrogens is 464 g/mol. The molecule has 184 valence electrons. The van der Waals surface area contributed by atoms with Gasteiger partial charge in [-0.25, -0.2) is 14.5 Å². The van der Waals surface area contributed by atoms with Gasteiger partial charge in [0.1, 0.15) is 0 Å². The number of benzene rings is 1. The van der Waals surface area contributed by atoms with Crippen molar-refractivity contribution in [2.45, 2.75) is 52.5 Å². The van der Waals surface area contributed by atoms with Gasteiger partial charge in [-0.15, -0.1) is 16.4 Å². The van der Waals surface area contributed by atoms with Gasteiger partial charge in [-0.3, -0.25) is 9.69 Å². The van der Waals surface area contributed by atoms with Gasteiger partial charge >= 0.3 is 6.16 Å². The summed E-state index contributed by atoms with van der Waals surface area (Å²) in [4.78, 5) is 30.7. The predicted molar refractivity (Wildman–Crippen MR) is 137 cm³/mol. The summed E-state index contributed by atoms with van der Waals surface area (Å²) in [6, 6.07) is 7.43. The van der Waals surface area contributed by atoms with Crippen molar-refractivity contribution in [1.29, 1.82) is 0 Å². The average molecular weight is 495 g/mol. The highest BCUT2D eigenvalue weighted by atomic mass is 32.1. The SMILES string of the molecule is CC1CCC(C(=O)N(c2nn(-c3ccc(/C=C/c4cscn4)cc3)cc2OC(=O)O)C(C)C)CC1. The molecule has 1 aliphatic carbocycles. The number of hydrogen-bond acceptors (Lipinski definition) is 6. The Balaban J connectivity index is 1.62. The van der Waals surface area contributed by atoms with Gasteiger partial charge < -0.3 is 9.84 Å². The van der Waals surface area contributed by atoms with Crippen LogP contribution in [0.15, 0.2) is 41.4 Å². The first-order valence-electron chi connectivity index (χ1n) is 11.8. The molecule has 1 aliphatic rings. The fourth-order valence-corrected chi connectivity index (χ4v) is 4.87. The molecule has 1 saturated carbocycles. The number of hydrogen-bond donors (Lipinski definition) is 1. The van der Waals surface area contributed by atoms with Crippen molar-refractivity contribution in [3.8, 4) is 11.4 Å². The Hall–Kier alpha value is -3.46. The highest BCUT2D eigenvalue weighted by molar-refractivity contribution is 7.07. The van der Waals surface area contributed by atoms with Gasteiger partial charge in [0, 0.05) is 17.3 Å². The molecular formula is C26H30N4O4S. The lowest BCUT2D eigenvalue weighted by Crippen LogP contribution is -2.42. The molecule has 3 aromatic rings. The third-order valence-corrected chi connectivity index (χ3v) is 6.87. The molecule has 1 N–H and O–H groups in total. The quantitative estimate of drug-likeness (QED) is 0.397. The fourth-order valence-electron chi connectivity index (χ4n) is 4.35. The minimum atomic E-state index is -1.45. The van der Waals surface area contributed by atoms with Gasteiger partial charge in [-0.05, 0) is 69.2 Å². The van der Waals surface area contributed by atoms with Gasteiger partial charge in [-0.1, -0.05) is 25.1 Å². The third-order valence-electron chi connectivity index (χ3n) is 6.26. The number of nitrogens with zero attached hydrogens (tertiary/aromatic N) is 4. The second-order valence-electron chi connectivity index (χ2n) is 9.23. The zero-order valence-electron chi connectivity index (χ0n) is 20.1. The van der Waals surface area contributed by atoms with Crippen molar-refractivity contribution >= 4 is 41.4 Å². The first-order chi connectivity index (χ1) is 16.8. The van der Waals surface area contributed by atoms with Crippen LogP contribution in [-0.2, 0) is 4.79 Å². The summed E-state index contributed by atoms with van der Waals surface area (Å²) in [5.74, 6) is 0.751. The standard InChI is InChI=1S/C26H30N4O4S/c1-17(2)30(25(31)20-9-4-18(3)5-10-20)24-23(34-26(32)33)14-29(28-24)22-12-7-19(8-13-22)6-11-21-15-35-16-27-21/h6-8,11-18,20H,4-5,9-10H2,1-3H3,(H,32,33)/b11-6+. The monoisotopic (exact) mass is 494 g/mol. The lowest BCUT2D eigenvalue weighted by Gasteiger charge is -2.32. The molecule has 1 aromatic carbocycles. The van der Waals surface area contributed by atoms with Crippen LogP contribution in [-0.4, -0.2) is 38.0 Å². The van der Waals surface area contributed by atoms with E-state index < -0.39 is 6.16 Å². The molecule has 0 radical (unpaired) electrons. The van der Waals surface area contributed by atoms with Gasteiger partial charge in [0.2, 0.25) is 11.7 Å². The zero-order chi connectivity index (χ0) is 24.9. The minimum Gasteiger partial charge on any atom is -0.449 e. The van der Waals surface area contributed by atoms with Crippen LogP contribution in [0.1, 0.15) is 57.7 Å². The van der Waals surface area contributed by atoms with Crippen molar-refractivity contribution in [3.05, 3.63) is 52.6 Å². The van der Waals surface area contributed by atoms with E-state index in [9.17, 15) is 14.7 Å². The van der Waals surface area contributed by atoms with Gasteiger partial charge in [0.25, 0.3) is 0 Å². The van der Waals surface area contributed by atoms with E-state index in [1.165, 1.54) is 6.20 Å². The lowest BCUT2D eigenvalue weighted by molar-refractivity contribution is -0.124. The van der Waals surface area contributed by atoms with Crippen LogP contribution in [0.25, 0.3) is 17.8 Å². The number of carboxylic acid groups (broad SMARTS) is 1. The predicted octanol–water partition coefficient (Wildman–Crippen LogP) is 6.12. The van der Waals surface area contributed by atoms with E-state index in [0.717, 1.165) is 42.6 Å². The molecule has 0 atom stereocenters. The summed E-state index contributed by atoms with van der Waals surface area (Å²) >= 11 is 1.54. The number of thiazole rings is 1. The van der Waals surface area contributed by atoms with Crippen LogP contribution in [0.3, 0.4) is 0 Å². The van der Waals surface area contributed by atoms with E-state index >= 15 is 0 Å². The molecule has 4 rings (SSSR count). The summed E-state index contributed by atoms with van der Waals surface area (Å²) in [6.07, 6.45) is 7.65. The summed E-state index contributed by atoms with van der Waals surface area (Å²) in [5, 5.41) is 15.9. The molecule has 1 amide bonds. The number of anilines is 1. The summed E-state index contributed by atoms with van der Waals surface area (Å²) in [5.41, 5.74) is 4.40. The number of carbonyl (C=O) groups is 2. The maximum absolute atomic E-state index is 13.5. The van der Waals surface area contributed by atoms with Crippen molar-refractivity contribution in [2.75, 3.05) is 4.90 Å². The average Bonchev–Trinajstić information content (AvgIpc) is 3.49. The minimum absolute atomic E-state index is 0.0325. The first-order valence-corrected chi connectivity index (χ1v) is 12.8. The number of rotatable bonds is 7. The van der Waals surface area contributed by atoms with Crippen molar-refractivity contribution in [1.82, 2.24) is 14.8 Å². The van der Waals surface area contributed by atoms with Crippen molar-refractivity contribution in [3.63, 3.8) is 0 Å². The Morgan fingerprint density at radius 3 is 2.49 bits per heavy atom. The molecule has 0 spiro atoms. The molecule has 1 fully saturated rings. The third kappa shape index (κ3) is 5.97. The normalized spacial score (nSPS) is 18.2. The van der Waals surface area contributed by atoms with Crippen LogP contribution >= 0.6 is 11.3 Å². The maximum Gasteiger partial charge on any atom is 0.511 e. The van der Waals surface area contributed by atoms with Gasteiger partial charge in [0.05, 0.1) is 23.1 Å². The molecule has 0 unspecified atom stereocenters. The Bertz CT molecular complexity index is 1180. The summed E-state index contributed by atoms with van der Waals surface area (Å²) in [7, 11) is 0. The van der Waals surface area contributed by atoms with Crippen LogP contribution in [0.4, 0.5) is 10.6 Å². The molecule has 2 heterocycles. The second kappa shape index (κ2) is 10.9. The molecule has 8 nitrogen and oxygen atoms in total. The van der Waals surface area contributed by atoms with E-state index in [4.69, 9.17) is 4.74 Å². The Morgan fingerprint density at radius 2 is 1.89 bits per heavy atom. The Morgan fingerprint density at radius 1 is 1.17 bits per heavy atom. The first kappa shape index (κ1) is 24.7. The smallest absolute Gasteiger partial charge is 0.449 e. The van der Waals surface area contributed by atoms with E-state index in [1.807, 2.05) is 55.6 Å². The van der Waals surface area contributed by atoms with E-state index in [2.05, 4.69) is 17.0 Å². The summed E-state index contributed by atoms with van der Waals surface area (Å²) in [6.45, 7) is 6.01. The van der Waals surface area contributed by atoms with E-state index in [1.54, 1.807) is 26.4 Å². The van der Waals surface area contributed by atoms with Crippen LogP contribution in [0.5, 0.6) is 5.75 Å². The van der Waals surface area contributed by atoms with Crippen molar-refractivity contribution in [2.24, 2.45) is 11.8 Å². The van der Waals surface area contributed by atoms with Crippen molar-refractivity contribution < 1.29 is 19.4 Å².